The van der Waals surface area contributed by atoms with E-state index in [1.54, 1.807) is 24.4 Å². The molecular weight excluding hydrogens is 237 g/mol. The Hall–Kier alpha value is -1.70. The van der Waals surface area contributed by atoms with Crippen molar-refractivity contribution >= 4 is 5.71 Å². The van der Waals surface area contributed by atoms with Crippen LogP contribution in [0.2, 0.25) is 0 Å². The maximum absolute atomic E-state index is 14.2. The van der Waals surface area contributed by atoms with Gasteiger partial charge in [0.25, 0.3) is 0 Å². The van der Waals surface area contributed by atoms with Crippen molar-refractivity contribution in [1.29, 1.82) is 0 Å². The minimum Gasteiger partial charge on any atom is -0.260 e. The van der Waals surface area contributed by atoms with Crippen LogP contribution in [0.15, 0.2) is 48.1 Å². The molecule has 1 aromatic rings. The van der Waals surface area contributed by atoms with Gasteiger partial charge in [0.15, 0.2) is 0 Å². The Balaban J connectivity index is 3.36. The molecule has 1 rings (SSSR count). The molecule has 0 radical (unpaired) electrons. The summed E-state index contributed by atoms with van der Waals surface area (Å²) in [5.41, 5.74) is 2.48. The Labute approximate surface area is 115 Å². The average Bonchev–Trinajstić information content (AvgIpc) is 2.43. The molecule has 102 valence electrons. The van der Waals surface area contributed by atoms with Crippen LogP contribution in [0.5, 0.6) is 0 Å². The first kappa shape index (κ1) is 15.4. The van der Waals surface area contributed by atoms with E-state index in [4.69, 9.17) is 0 Å². The van der Waals surface area contributed by atoms with Gasteiger partial charge in [0.05, 0.1) is 5.71 Å². The predicted octanol–water partition coefficient (Wildman–Crippen LogP) is 4.92. The highest BCUT2D eigenvalue weighted by Crippen LogP contribution is 2.21. The third-order valence-corrected chi connectivity index (χ3v) is 3.25. The van der Waals surface area contributed by atoms with Crippen LogP contribution in [0, 0.1) is 11.7 Å². The van der Waals surface area contributed by atoms with Crippen LogP contribution in [-0.4, -0.2) is 5.71 Å². The molecule has 1 nitrogen and oxygen atoms in total. The minimum atomic E-state index is -0.189. The summed E-state index contributed by atoms with van der Waals surface area (Å²) in [6.07, 6.45) is 6.83. The molecule has 0 bridgehead atoms. The van der Waals surface area contributed by atoms with Crippen molar-refractivity contribution < 1.29 is 4.39 Å². The zero-order chi connectivity index (χ0) is 14.3. The molecule has 19 heavy (non-hydrogen) atoms. The number of aryl methyl sites for hydroxylation is 1. The van der Waals surface area contributed by atoms with Crippen LogP contribution in [-0.2, 0) is 6.42 Å². The summed E-state index contributed by atoms with van der Waals surface area (Å²) in [7, 11) is 0. The quantitative estimate of drug-likeness (QED) is 0.508. The molecule has 0 saturated heterocycles. The molecule has 0 aliphatic heterocycles. The number of hydrogen-bond donors (Lipinski definition) is 0. The normalized spacial score (nSPS) is 13.8. The molecule has 1 atom stereocenters. The molecule has 0 aliphatic rings. The number of hydrogen-bond acceptors (Lipinski definition) is 1. The van der Waals surface area contributed by atoms with E-state index in [0.29, 0.717) is 5.56 Å². The van der Waals surface area contributed by atoms with E-state index in [9.17, 15) is 4.39 Å². The highest BCUT2D eigenvalue weighted by atomic mass is 19.1. The van der Waals surface area contributed by atoms with Crippen LogP contribution < -0.4 is 0 Å². The number of halogens is 1. The van der Waals surface area contributed by atoms with Crippen LogP contribution in [0.4, 0.5) is 4.39 Å². The Bertz CT molecular complexity index is 486. The van der Waals surface area contributed by atoms with Crippen molar-refractivity contribution in [2.24, 2.45) is 10.9 Å². The first-order valence-electron chi connectivity index (χ1n) is 6.78. The molecule has 1 unspecified atom stereocenters. The Kier molecular flexibility index (Phi) is 6.20. The van der Waals surface area contributed by atoms with E-state index in [1.807, 2.05) is 13.0 Å². The summed E-state index contributed by atoms with van der Waals surface area (Å²) in [5.74, 6) is 0.0297. The Morgan fingerprint density at radius 2 is 2.16 bits per heavy atom. The number of allylic oxidation sites excluding steroid dienone is 2. The lowest BCUT2D eigenvalue weighted by atomic mass is 9.91. The molecule has 0 aliphatic carbocycles. The minimum absolute atomic E-state index is 0.189. The van der Waals surface area contributed by atoms with Gasteiger partial charge in [0.2, 0.25) is 0 Å². The molecule has 0 aromatic heterocycles. The van der Waals surface area contributed by atoms with Gasteiger partial charge in [0, 0.05) is 11.8 Å². The van der Waals surface area contributed by atoms with Crippen LogP contribution >= 0.6 is 0 Å². The van der Waals surface area contributed by atoms with Crippen LogP contribution in [0.25, 0.3) is 0 Å². The van der Waals surface area contributed by atoms with Gasteiger partial charge >= 0.3 is 0 Å². The maximum atomic E-state index is 14.2. The Morgan fingerprint density at radius 3 is 2.74 bits per heavy atom. The predicted molar refractivity (Wildman–Crippen MR) is 81.1 cm³/mol. The standard InChI is InChI=1S/C17H22FN/c1-5-8-12-19-17(13(4)6-2)16-14(7-3)10-9-11-15(16)18/h5,8-13H,1,6-7H2,2-4H3/b12-8-,19-17+. The fourth-order valence-electron chi connectivity index (χ4n) is 1.97. The largest absolute Gasteiger partial charge is 0.260 e. The third kappa shape index (κ3) is 3.88. The number of nitrogens with zero attached hydrogens (tertiary/aromatic N) is 1. The van der Waals surface area contributed by atoms with Gasteiger partial charge in [-0.3, -0.25) is 4.99 Å². The van der Waals surface area contributed by atoms with Crippen molar-refractivity contribution in [2.45, 2.75) is 33.6 Å². The zero-order valence-electron chi connectivity index (χ0n) is 12.0. The topological polar surface area (TPSA) is 12.4 Å². The molecule has 2 heteroatoms. The van der Waals surface area contributed by atoms with Crippen molar-refractivity contribution in [3.8, 4) is 0 Å². The van der Waals surface area contributed by atoms with Crippen LogP contribution in [0.3, 0.4) is 0 Å². The Morgan fingerprint density at radius 1 is 1.42 bits per heavy atom. The van der Waals surface area contributed by atoms with Gasteiger partial charge in [-0.25, -0.2) is 4.39 Å². The van der Waals surface area contributed by atoms with E-state index in [0.717, 1.165) is 24.1 Å². The SMILES string of the molecule is C=C/C=C\N=C(\c1c(F)cccc1CC)C(C)CC. The molecule has 0 spiro atoms. The molecule has 0 fully saturated rings. The lowest BCUT2D eigenvalue weighted by Gasteiger charge is -2.16. The molecule has 0 heterocycles. The lowest BCUT2D eigenvalue weighted by Crippen LogP contribution is -2.16. The van der Waals surface area contributed by atoms with Gasteiger partial charge in [-0.15, -0.1) is 0 Å². The highest BCUT2D eigenvalue weighted by Gasteiger charge is 2.17. The molecule has 1 aromatic carbocycles. The van der Waals surface area contributed by atoms with Gasteiger partial charge < -0.3 is 0 Å². The van der Waals surface area contributed by atoms with E-state index in [1.165, 1.54) is 6.07 Å². The molecule has 0 amide bonds. The molecule has 0 N–H and O–H groups in total. The van der Waals surface area contributed by atoms with E-state index in [2.05, 4.69) is 25.4 Å². The van der Waals surface area contributed by atoms with Gasteiger partial charge in [-0.2, -0.15) is 0 Å². The number of rotatable bonds is 6. The summed E-state index contributed by atoms with van der Waals surface area (Å²) in [4.78, 5) is 4.45. The smallest absolute Gasteiger partial charge is 0.132 e. The fraction of sp³-hybridized carbons (Fsp3) is 0.353. The first-order valence-corrected chi connectivity index (χ1v) is 6.78. The van der Waals surface area contributed by atoms with E-state index < -0.39 is 0 Å². The summed E-state index contributed by atoms with van der Waals surface area (Å²) in [6, 6.07) is 5.22. The summed E-state index contributed by atoms with van der Waals surface area (Å²) < 4.78 is 14.2. The van der Waals surface area contributed by atoms with Gasteiger partial charge in [0.1, 0.15) is 5.82 Å². The van der Waals surface area contributed by atoms with Crippen molar-refractivity contribution in [2.75, 3.05) is 0 Å². The van der Waals surface area contributed by atoms with Gasteiger partial charge in [-0.1, -0.05) is 45.6 Å². The summed E-state index contributed by atoms with van der Waals surface area (Å²) >= 11 is 0. The zero-order valence-corrected chi connectivity index (χ0v) is 12.0. The maximum Gasteiger partial charge on any atom is 0.132 e. The highest BCUT2D eigenvalue weighted by molar-refractivity contribution is 6.03. The summed E-state index contributed by atoms with van der Waals surface area (Å²) in [6.45, 7) is 9.81. The van der Waals surface area contributed by atoms with Crippen LogP contribution in [0.1, 0.15) is 38.3 Å². The van der Waals surface area contributed by atoms with Crippen molar-refractivity contribution in [3.05, 3.63) is 60.1 Å². The molecule has 0 saturated carbocycles. The second-order valence-corrected chi connectivity index (χ2v) is 4.53. The summed E-state index contributed by atoms with van der Waals surface area (Å²) in [5, 5.41) is 0. The average molecular weight is 259 g/mol. The monoisotopic (exact) mass is 259 g/mol. The lowest BCUT2D eigenvalue weighted by molar-refractivity contribution is 0.618. The molecular formula is C17H22FN. The first-order chi connectivity index (χ1) is 9.15. The van der Waals surface area contributed by atoms with E-state index >= 15 is 0 Å². The van der Waals surface area contributed by atoms with Gasteiger partial charge in [-0.05, 0) is 36.5 Å². The number of benzene rings is 1. The van der Waals surface area contributed by atoms with E-state index in [-0.39, 0.29) is 11.7 Å². The van der Waals surface area contributed by atoms with Crippen molar-refractivity contribution in [1.82, 2.24) is 0 Å². The number of aliphatic imine (C=N–C) groups is 1. The fourth-order valence-corrected chi connectivity index (χ4v) is 1.97. The van der Waals surface area contributed by atoms with Crippen molar-refractivity contribution in [3.63, 3.8) is 0 Å². The third-order valence-electron chi connectivity index (χ3n) is 3.25. The second kappa shape index (κ2) is 7.67. The second-order valence-electron chi connectivity index (χ2n) is 4.53.